The molecule has 2 amide bonds. The third-order valence-corrected chi connectivity index (χ3v) is 4.48. The SMILES string of the molecule is CCN(CC(=O)Nc1ccccc1C(F)(F)F)C(=O)COc1cccc(C)c1C. The van der Waals surface area contributed by atoms with Gasteiger partial charge < -0.3 is 15.0 Å². The maximum absolute atomic E-state index is 13.0. The fourth-order valence-electron chi connectivity index (χ4n) is 2.69. The topological polar surface area (TPSA) is 58.6 Å². The monoisotopic (exact) mass is 408 g/mol. The van der Waals surface area contributed by atoms with Crippen LogP contribution in [0.4, 0.5) is 18.9 Å². The van der Waals surface area contributed by atoms with E-state index in [2.05, 4.69) is 5.32 Å². The van der Waals surface area contributed by atoms with Crippen LogP contribution in [0.3, 0.4) is 0 Å². The van der Waals surface area contributed by atoms with Crippen LogP contribution >= 0.6 is 0 Å². The van der Waals surface area contributed by atoms with E-state index >= 15 is 0 Å². The summed E-state index contributed by atoms with van der Waals surface area (Å²) in [7, 11) is 0. The minimum Gasteiger partial charge on any atom is -0.483 e. The van der Waals surface area contributed by atoms with Crippen LogP contribution in [0, 0.1) is 13.8 Å². The van der Waals surface area contributed by atoms with E-state index in [-0.39, 0.29) is 25.4 Å². The number of benzene rings is 2. The summed E-state index contributed by atoms with van der Waals surface area (Å²) in [5.74, 6) is -0.589. The minimum absolute atomic E-state index is 0.212. The molecule has 2 aromatic rings. The van der Waals surface area contributed by atoms with Gasteiger partial charge in [0.15, 0.2) is 6.61 Å². The standard InChI is InChI=1S/C21H23F3N2O3/c1-4-26(20(28)13-29-18-11-7-8-14(2)15(18)3)12-19(27)25-17-10-6-5-9-16(17)21(22,23)24/h5-11H,4,12-13H2,1-3H3,(H,25,27). The summed E-state index contributed by atoms with van der Waals surface area (Å²) in [4.78, 5) is 25.8. The molecule has 0 heterocycles. The second-order valence-electron chi connectivity index (χ2n) is 6.49. The van der Waals surface area contributed by atoms with E-state index in [1.807, 2.05) is 26.0 Å². The zero-order chi connectivity index (χ0) is 21.6. The van der Waals surface area contributed by atoms with Crippen LogP contribution in [0.2, 0.25) is 0 Å². The molecule has 0 aliphatic rings. The number of nitrogens with one attached hydrogen (secondary N) is 1. The van der Waals surface area contributed by atoms with Crippen LogP contribution in [-0.2, 0) is 15.8 Å². The van der Waals surface area contributed by atoms with Crippen molar-refractivity contribution in [1.82, 2.24) is 4.90 Å². The van der Waals surface area contributed by atoms with E-state index in [0.717, 1.165) is 17.2 Å². The van der Waals surface area contributed by atoms with Gasteiger partial charge in [-0.25, -0.2) is 0 Å². The molecule has 0 aromatic heterocycles. The second kappa shape index (κ2) is 9.45. The number of alkyl halides is 3. The molecule has 0 bridgehead atoms. The van der Waals surface area contributed by atoms with Crippen LogP contribution < -0.4 is 10.1 Å². The number of rotatable bonds is 7. The smallest absolute Gasteiger partial charge is 0.418 e. The molecule has 156 valence electrons. The first-order chi connectivity index (χ1) is 13.6. The Labute approximate surface area is 167 Å². The molecule has 0 unspecified atom stereocenters. The lowest BCUT2D eigenvalue weighted by Gasteiger charge is -2.21. The maximum Gasteiger partial charge on any atom is 0.418 e. The first-order valence-electron chi connectivity index (χ1n) is 9.06. The third-order valence-electron chi connectivity index (χ3n) is 4.48. The predicted molar refractivity (Wildman–Crippen MR) is 104 cm³/mol. The average Bonchev–Trinajstić information content (AvgIpc) is 2.66. The van der Waals surface area contributed by atoms with E-state index in [1.165, 1.54) is 23.1 Å². The highest BCUT2D eigenvalue weighted by molar-refractivity contribution is 5.95. The fraction of sp³-hybridized carbons (Fsp3) is 0.333. The molecule has 8 heteroatoms. The highest BCUT2D eigenvalue weighted by Crippen LogP contribution is 2.34. The van der Waals surface area contributed by atoms with Crippen LogP contribution in [-0.4, -0.2) is 36.4 Å². The quantitative estimate of drug-likeness (QED) is 0.748. The maximum atomic E-state index is 13.0. The van der Waals surface area contributed by atoms with E-state index in [1.54, 1.807) is 13.0 Å². The molecule has 2 rings (SSSR count). The Morgan fingerprint density at radius 2 is 1.76 bits per heavy atom. The molecule has 0 saturated carbocycles. The normalized spacial score (nSPS) is 11.1. The van der Waals surface area contributed by atoms with Gasteiger partial charge in [-0.15, -0.1) is 0 Å². The number of aryl methyl sites for hydroxylation is 1. The first kappa shape index (κ1) is 22.3. The summed E-state index contributed by atoms with van der Waals surface area (Å²) in [6.45, 7) is 5.03. The van der Waals surface area contributed by atoms with E-state index < -0.39 is 23.6 Å². The van der Waals surface area contributed by atoms with Gasteiger partial charge in [0.05, 0.1) is 17.8 Å². The van der Waals surface area contributed by atoms with Crippen molar-refractivity contribution in [2.45, 2.75) is 26.9 Å². The molecule has 0 spiro atoms. The van der Waals surface area contributed by atoms with Gasteiger partial charge in [0, 0.05) is 6.54 Å². The number of amides is 2. The number of likely N-dealkylation sites (N-methyl/N-ethyl adjacent to an activating group) is 1. The van der Waals surface area contributed by atoms with Crippen molar-refractivity contribution >= 4 is 17.5 Å². The number of halogens is 3. The Balaban J connectivity index is 1.99. The molecule has 0 radical (unpaired) electrons. The van der Waals surface area contributed by atoms with Gasteiger partial charge in [0.2, 0.25) is 5.91 Å². The zero-order valence-electron chi connectivity index (χ0n) is 16.5. The van der Waals surface area contributed by atoms with Gasteiger partial charge in [-0.3, -0.25) is 9.59 Å². The Morgan fingerprint density at radius 3 is 2.41 bits per heavy atom. The van der Waals surface area contributed by atoms with Crippen molar-refractivity contribution in [3.63, 3.8) is 0 Å². The number of hydrogen-bond acceptors (Lipinski definition) is 3. The Bertz CT molecular complexity index is 882. The summed E-state index contributed by atoms with van der Waals surface area (Å²) < 4.78 is 44.7. The Morgan fingerprint density at radius 1 is 1.07 bits per heavy atom. The number of carbonyl (C=O) groups excluding carboxylic acids is 2. The van der Waals surface area contributed by atoms with Gasteiger partial charge in [-0.1, -0.05) is 24.3 Å². The number of hydrogen-bond donors (Lipinski definition) is 1. The van der Waals surface area contributed by atoms with E-state index in [0.29, 0.717) is 5.75 Å². The Hall–Kier alpha value is -3.03. The molecular weight excluding hydrogens is 385 g/mol. The van der Waals surface area contributed by atoms with Crippen LogP contribution in [0.1, 0.15) is 23.6 Å². The van der Waals surface area contributed by atoms with Gasteiger partial charge in [0.1, 0.15) is 5.75 Å². The molecule has 2 aromatic carbocycles. The van der Waals surface area contributed by atoms with Crippen LogP contribution in [0.5, 0.6) is 5.75 Å². The highest BCUT2D eigenvalue weighted by atomic mass is 19.4. The van der Waals surface area contributed by atoms with Crippen LogP contribution in [0.25, 0.3) is 0 Å². The number of anilines is 1. The van der Waals surface area contributed by atoms with Crippen LogP contribution in [0.15, 0.2) is 42.5 Å². The summed E-state index contributed by atoms with van der Waals surface area (Å²) in [5, 5.41) is 2.23. The molecule has 0 aliphatic heterocycles. The van der Waals surface area contributed by atoms with Crippen molar-refractivity contribution in [1.29, 1.82) is 0 Å². The van der Waals surface area contributed by atoms with Gasteiger partial charge in [-0.2, -0.15) is 13.2 Å². The average molecular weight is 408 g/mol. The molecular formula is C21H23F3N2O3. The molecule has 0 aliphatic carbocycles. The zero-order valence-corrected chi connectivity index (χ0v) is 16.5. The Kier molecular flexibility index (Phi) is 7.25. The fourth-order valence-corrected chi connectivity index (χ4v) is 2.69. The molecule has 0 saturated heterocycles. The predicted octanol–water partition coefficient (Wildman–Crippen LogP) is 4.19. The number of ether oxygens (including phenoxy) is 1. The van der Waals surface area contributed by atoms with Crippen molar-refractivity contribution in [2.75, 3.05) is 25.0 Å². The van der Waals surface area contributed by atoms with Gasteiger partial charge in [0.25, 0.3) is 5.91 Å². The lowest BCUT2D eigenvalue weighted by Crippen LogP contribution is -2.40. The summed E-state index contributed by atoms with van der Waals surface area (Å²) in [5.41, 5.74) is 0.635. The van der Waals surface area contributed by atoms with Gasteiger partial charge in [-0.05, 0) is 50.1 Å². The molecule has 0 atom stereocenters. The van der Waals surface area contributed by atoms with E-state index in [4.69, 9.17) is 4.74 Å². The number of para-hydroxylation sites is 1. The van der Waals surface area contributed by atoms with Crippen molar-refractivity contribution < 1.29 is 27.5 Å². The number of nitrogens with zero attached hydrogens (tertiary/aromatic N) is 1. The molecule has 29 heavy (non-hydrogen) atoms. The van der Waals surface area contributed by atoms with E-state index in [9.17, 15) is 22.8 Å². The lowest BCUT2D eigenvalue weighted by atomic mass is 10.1. The van der Waals surface area contributed by atoms with Crippen molar-refractivity contribution in [3.8, 4) is 5.75 Å². The summed E-state index contributed by atoms with van der Waals surface area (Å²) >= 11 is 0. The molecule has 1 N–H and O–H groups in total. The second-order valence-corrected chi connectivity index (χ2v) is 6.49. The van der Waals surface area contributed by atoms with Crippen molar-refractivity contribution in [2.24, 2.45) is 0 Å². The molecule has 5 nitrogen and oxygen atoms in total. The van der Waals surface area contributed by atoms with Crippen molar-refractivity contribution in [3.05, 3.63) is 59.2 Å². The molecule has 0 fully saturated rings. The minimum atomic E-state index is -4.59. The first-order valence-corrected chi connectivity index (χ1v) is 9.06. The summed E-state index contributed by atoms with van der Waals surface area (Å²) in [6, 6.07) is 10.2. The van der Waals surface area contributed by atoms with Gasteiger partial charge >= 0.3 is 6.18 Å². The number of carbonyl (C=O) groups is 2. The largest absolute Gasteiger partial charge is 0.483 e. The lowest BCUT2D eigenvalue weighted by molar-refractivity contribution is -0.137. The third kappa shape index (κ3) is 5.97. The summed E-state index contributed by atoms with van der Waals surface area (Å²) in [6.07, 6.45) is -4.59. The highest BCUT2D eigenvalue weighted by Gasteiger charge is 2.33.